The number of hydrogen-bond donors (Lipinski definition) is 1. The topological polar surface area (TPSA) is 147 Å². The van der Waals surface area contributed by atoms with Crippen LogP contribution in [0, 0.1) is 0 Å². The Morgan fingerprint density at radius 2 is 1.38 bits per heavy atom. The Hall–Kier alpha value is -2.73. The lowest BCUT2D eigenvalue weighted by atomic mass is 10.4. The number of esters is 3. The Morgan fingerprint density at radius 1 is 0.781 bits per heavy atom. The number of amides is 1. The molecule has 184 valence electrons. The summed E-state index contributed by atoms with van der Waals surface area (Å²) in [6.45, 7) is 5.34. The highest BCUT2D eigenvalue weighted by molar-refractivity contribution is 5.77. The molecule has 12 nitrogen and oxygen atoms in total. The van der Waals surface area contributed by atoms with E-state index in [-0.39, 0.29) is 38.7 Å². The van der Waals surface area contributed by atoms with E-state index in [2.05, 4.69) is 5.32 Å². The molecule has 0 unspecified atom stereocenters. The maximum Gasteiger partial charge on any atom is 0.407 e. The second-order valence-corrected chi connectivity index (χ2v) is 6.67. The van der Waals surface area contributed by atoms with E-state index >= 15 is 0 Å². The molecular weight excluding hydrogens is 428 g/mol. The van der Waals surface area contributed by atoms with Crippen molar-refractivity contribution >= 4 is 29.8 Å². The molecular formula is C20H34N2O10. The van der Waals surface area contributed by atoms with E-state index in [1.165, 1.54) is 13.8 Å². The maximum absolute atomic E-state index is 11.7. The van der Waals surface area contributed by atoms with Crippen LogP contribution in [0.15, 0.2) is 0 Å². The molecule has 0 aromatic rings. The van der Waals surface area contributed by atoms with Crippen LogP contribution in [0.1, 0.15) is 33.6 Å². The van der Waals surface area contributed by atoms with E-state index in [1.807, 2.05) is 6.92 Å². The van der Waals surface area contributed by atoms with Crippen molar-refractivity contribution in [3.63, 3.8) is 0 Å². The predicted octanol–water partition coefficient (Wildman–Crippen LogP) is 0.0698. The van der Waals surface area contributed by atoms with Crippen LogP contribution in [0.5, 0.6) is 0 Å². The maximum atomic E-state index is 11.7. The summed E-state index contributed by atoms with van der Waals surface area (Å²) in [7, 11) is 0. The molecule has 32 heavy (non-hydrogen) atoms. The van der Waals surface area contributed by atoms with E-state index in [0.29, 0.717) is 26.1 Å². The van der Waals surface area contributed by atoms with Crippen LogP contribution in [0.4, 0.5) is 4.79 Å². The number of ether oxygens (including phenoxy) is 5. The SMILES string of the molecule is CCCOC(=O)NCCCOC(=O)COCC(=O)OCCN(CCOC(C)=O)CC(C)=O. The minimum Gasteiger partial charge on any atom is -0.465 e. The highest BCUT2D eigenvalue weighted by Crippen LogP contribution is 1.93. The molecule has 1 amide bonds. The summed E-state index contributed by atoms with van der Waals surface area (Å²) in [5.74, 6) is -1.81. The molecule has 0 radical (unpaired) electrons. The van der Waals surface area contributed by atoms with Gasteiger partial charge >= 0.3 is 24.0 Å². The summed E-state index contributed by atoms with van der Waals surface area (Å²) >= 11 is 0. The van der Waals surface area contributed by atoms with Gasteiger partial charge in [-0.2, -0.15) is 0 Å². The molecule has 0 saturated heterocycles. The zero-order chi connectivity index (χ0) is 24.2. The molecule has 0 rings (SSSR count). The summed E-state index contributed by atoms with van der Waals surface area (Å²) in [6.07, 6.45) is 0.617. The first-order valence-corrected chi connectivity index (χ1v) is 10.4. The molecule has 0 aliphatic heterocycles. The van der Waals surface area contributed by atoms with Gasteiger partial charge in [-0.25, -0.2) is 14.4 Å². The number of hydrogen-bond acceptors (Lipinski definition) is 11. The lowest BCUT2D eigenvalue weighted by molar-refractivity contribution is -0.155. The fraction of sp³-hybridized carbons (Fsp3) is 0.750. The number of carbonyl (C=O) groups is 5. The van der Waals surface area contributed by atoms with Crippen molar-refractivity contribution in [2.24, 2.45) is 0 Å². The fourth-order valence-electron chi connectivity index (χ4n) is 2.19. The Kier molecular flexibility index (Phi) is 17.4. The average molecular weight is 462 g/mol. The number of rotatable bonds is 18. The predicted molar refractivity (Wildman–Crippen MR) is 111 cm³/mol. The zero-order valence-electron chi connectivity index (χ0n) is 19.0. The van der Waals surface area contributed by atoms with E-state index in [0.717, 1.165) is 6.42 Å². The molecule has 0 spiro atoms. The third-order valence-corrected chi connectivity index (χ3v) is 3.56. The van der Waals surface area contributed by atoms with E-state index < -0.39 is 37.2 Å². The average Bonchev–Trinajstić information content (AvgIpc) is 2.71. The highest BCUT2D eigenvalue weighted by atomic mass is 16.6. The van der Waals surface area contributed by atoms with Crippen molar-refractivity contribution in [1.29, 1.82) is 0 Å². The lowest BCUT2D eigenvalue weighted by Gasteiger charge is -2.20. The highest BCUT2D eigenvalue weighted by Gasteiger charge is 2.11. The summed E-state index contributed by atoms with van der Waals surface area (Å²) in [5, 5.41) is 2.51. The third kappa shape index (κ3) is 19.2. The second kappa shape index (κ2) is 19.0. The first-order chi connectivity index (χ1) is 15.2. The number of ketones is 1. The summed E-state index contributed by atoms with van der Waals surface area (Å²) < 4.78 is 24.5. The van der Waals surface area contributed by atoms with Gasteiger partial charge in [-0.3, -0.25) is 14.5 Å². The number of nitrogens with one attached hydrogen (secondary N) is 1. The van der Waals surface area contributed by atoms with Gasteiger partial charge in [0.25, 0.3) is 0 Å². The molecule has 0 saturated carbocycles. The molecule has 0 aromatic carbocycles. The molecule has 0 fully saturated rings. The smallest absolute Gasteiger partial charge is 0.407 e. The molecule has 0 heterocycles. The quantitative estimate of drug-likeness (QED) is 0.168. The van der Waals surface area contributed by atoms with Crippen molar-refractivity contribution in [2.75, 3.05) is 65.8 Å². The van der Waals surface area contributed by atoms with Crippen LogP contribution in [0.3, 0.4) is 0 Å². The number of Topliss-reactive ketones (excluding diaryl/α,β-unsaturated/α-hetero) is 1. The molecule has 1 N–H and O–H groups in total. The standard InChI is InChI=1S/C20H34N2O10/c1-4-9-32-20(27)21-6-5-10-30-18(25)14-28-15-19(26)31-12-8-22(13-16(2)23)7-11-29-17(3)24/h4-15H2,1-3H3,(H,21,27). The summed E-state index contributed by atoms with van der Waals surface area (Å²) in [4.78, 5) is 58.2. The molecule has 12 heteroatoms. The Balaban J connectivity index is 3.82. The van der Waals surface area contributed by atoms with Crippen molar-refractivity contribution in [3.8, 4) is 0 Å². The normalized spacial score (nSPS) is 10.4. The Bertz CT molecular complexity index is 597. The van der Waals surface area contributed by atoms with Gasteiger partial charge in [0.2, 0.25) is 0 Å². The first kappa shape index (κ1) is 29.3. The fourth-order valence-corrected chi connectivity index (χ4v) is 2.19. The monoisotopic (exact) mass is 462 g/mol. The van der Waals surface area contributed by atoms with Gasteiger partial charge < -0.3 is 29.0 Å². The minimum absolute atomic E-state index is 0.00762. The number of nitrogens with zero attached hydrogens (tertiary/aromatic N) is 1. The minimum atomic E-state index is -0.671. The van der Waals surface area contributed by atoms with Gasteiger partial charge in [0, 0.05) is 26.6 Å². The van der Waals surface area contributed by atoms with Crippen LogP contribution in [-0.4, -0.2) is 101 Å². The molecule has 0 aliphatic rings. The molecule has 0 atom stereocenters. The van der Waals surface area contributed by atoms with Crippen LogP contribution in [0.25, 0.3) is 0 Å². The molecule has 0 bridgehead atoms. The number of alkyl carbamates (subject to hydrolysis) is 1. The van der Waals surface area contributed by atoms with Crippen molar-refractivity contribution in [1.82, 2.24) is 10.2 Å². The van der Waals surface area contributed by atoms with Crippen LogP contribution in [-0.2, 0) is 42.9 Å². The number of carbonyl (C=O) groups excluding carboxylic acids is 5. The van der Waals surface area contributed by atoms with E-state index in [4.69, 9.17) is 23.7 Å². The molecule has 0 aliphatic carbocycles. The van der Waals surface area contributed by atoms with Gasteiger partial charge in [0.15, 0.2) is 0 Å². The summed E-state index contributed by atoms with van der Waals surface area (Å²) in [5.41, 5.74) is 0. The summed E-state index contributed by atoms with van der Waals surface area (Å²) in [6, 6.07) is 0. The third-order valence-electron chi connectivity index (χ3n) is 3.56. The zero-order valence-corrected chi connectivity index (χ0v) is 19.0. The largest absolute Gasteiger partial charge is 0.465 e. The van der Waals surface area contributed by atoms with Crippen molar-refractivity contribution in [2.45, 2.75) is 33.6 Å². The van der Waals surface area contributed by atoms with Crippen molar-refractivity contribution < 1.29 is 47.7 Å². The van der Waals surface area contributed by atoms with Gasteiger partial charge in [-0.1, -0.05) is 6.92 Å². The second-order valence-electron chi connectivity index (χ2n) is 6.67. The Morgan fingerprint density at radius 3 is 1.94 bits per heavy atom. The van der Waals surface area contributed by atoms with Gasteiger partial charge in [0.1, 0.15) is 32.2 Å². The van der Waals surface area contributed by atoms with Gasteiger partial charge in [-0.05, 0) is 19.8 Å². The lowest BCUT2D eigenvalue weighted by Crippen LogP contribution is -2.35. The van der Waals surface area contributed by atoms with E-state index in [9.17, 15) is 24.0 Å². The Labute approximate surface area is 187 Å². The molecule has 0 aromatic heterocycles. The first-order valence-electron chi connectivity index (χ1n) is 10.4. The van der Waals surface area contributed by atoms with Crippen LogP contribution in [0.2, 0.25) is 0 Å². The van der Waals surface area contributed by atoms with Crippen molar-refractivity contribution in [3.05, 3.63) is 0 Å². The van der Waals surface area contributed by atoms with Crippen LogP contribution >= 0.6 is 0 Å². The van der Waals surface area contributed by atoms with E-state index in [1.54, 1.807) is 4.90 Å². The van der Waals surface area contributed by atoms with Gasteiger partial charge in [0.05, 0.1) is 19.8 Å². The van der Waals surface area contributed by atoms with Gasteiger partial charge in [-0.15, -0.1) is 0 Å². The van der Waals surface area contributed by atoms with Crippen LogP contribution < -0.4 is 5.32 Å².